The Kier molecular flexibility index (Phi) is 5.03. The number of rotatable bonds is 5. The maximum absolute atomic E-state index is 13.1. The van der Waals surface area contributed by atoms with Gasteiger partial charge < -0.3 is 10.4 Å². The highest BCUT2D eigenvalue weighted by Gasteiger charge is 2.26. The second-order valence-electron chi connectivity index (χ2n) is 4.70. The Hall–Kier alpha value is -1.91. The maximum Gasteiger partial charge on any atom is 0.307 e. The highest BCUT2D eigenvalue weighted by Crippen LogP contribution is 2.16. The van der Waals surface area contributed by atoms with Crippen LogP contribution in [-0.4, -0.2) is 17.0 Å². The third-order valence-corrected chi connectivity index (χ3v) is 3.26. The van der Waals surface area contributed by atoms with E-state index in [-0.39, 0.29) is 17.8 Å². The Balaban J connectivity index is 2.69. The SMILES string of the molecule is CC(NC(=O)C(C)C(C)C(=O)O)c1cccc(F)c1. The van der Waals surface area contributed by atoms with Gasteiger partial charge in [-0.2, -0.15) is 0 Å². The van der Waals surface area contributed by atoms with Crippen LogP contribution >= 0.6 is 0 Å². The summed E-state index contributed by atoms with van der Waals surface area (Å²) in [6, 6.07) is 5.57. The van der Waals surface area contributed by atoms with Crippen LogP contribution in [0.1, 0.15) is 32.4 Å². The minimum absolute atomic E-state index is 0.355. The van der Waals surface area contributed by atoms with Crippen molar-refractivity contribution in [1.29, 1.82) is 0 Å². The molecule has 0 aliphatic heterocycles. The number of carbonyl (C=O) groups is 2. The monoisotopic (exact) mass is 267 g/mol. The Labute approximate surface area is 111 Å². The summed E-state index contributed by atoms with van der Waals surface area (Å²) in [4.78, 5) is 22.7. The molecule has 0 bridgehead atoms. The molecule has 0 radical (unpaired) electrons. The van der Waals surface area contributed by atoms with Crippen molar-refractivity contribution in [2.24, 2.45) is 11.8 Å². The molecule has 5 heteroatoms. The smallest absolute Gasteiger partial charge is 0.307 e. The molecule has 3 unspecified atom stereocenters. The van der Waals surface area contributed by atoms with E-state index in [2.05, 4.69) is 5.32 Å². The molecule has 104 valence electrons. The minimum Gasteiger partial charge on any atom is -0.481 e. The molecule has 3 atom stereocenters. The predicted octanol–water partition coefficient (Wildman–Crippen LogP) is 2.36. The molecule has 1 aromatic rings. The number of hydrogen-bond acceptors (Lipinski definition) is 2. The summed E-state index contributed by atoms with van der Waals surface area (Å²) in [6.07, 6.45) is 0. The van der Waals surface area contributed by atoms with Crippen molar-refractivity contribution in [1.82, 2.24) is 5.32 Å². The molecule has 0 saturated heterocycles. The molecule has 1 rings (SSSR count). The third-order valence-electron chi connectivity index (χ3n) is 3.26. The van der Waals surface area contributed by atoms with Crippen LogP contribution in [0, 0.1) is 17.7 Å². The zero-order valence-corrected chi connectivity index (χ0v) is 11.2. The van der Waals surface area contributed by atoms with Gasteiger partial charge in [0.1, 0.15) is 5.82 Å². The summed E-state index contributed by atoms with van der Waals surface area (Å²) in [5, 5.41) is 11.5. The molecule has 0 aliphatic carbocycles. The van der Waals surface area contributed by atoms with Crippen LogP contribution in [0.3, 0.4) is 0 Å². The summed E-state index contributed by atoms with van der Waals surface area (Å²) in [7, 11) is 0. The van der Waals surface area contributed by atoms with E-state index >= 15 is 0 Å². The van der Waals surface area contributed by atoms with E-state index < -0.39 is 17.8 Å². The average molecular weight is 267 g/mol. The van der Waals surface area contributed by atoms with E-state index in [1.54, 1.807) is 26.0 Å². The number of aliphatic carboxylic acids is 1. The van der Waals surface area contributed by atoms with E-state index in [4.69, 9.17) is 5.11 Å². The lowest BCUT2D eigenvalue weighted by Crippen LogP contribution is -2.36. The molecular formula is C14H18FNO3. The number of nitrogens with one attached hydrogen (secondary N) is 1. The molecule has 4 nitrogen and oxygen atoms in total. The molecule has 0 aliphatic rings. The van der Waals surface area contributed by atoms with Gasteiger partial charge in [-0.15, -0.1) is 0 Å². The van der Waals surface area contributed by atoms with Gasteiger partial charge in [-0.1, -0.05) is 26.0 Å². The van der Waals surface area contributed by atoms with Gasteiger partial charge in [-0.3, -0.25) is 9.59 Å². The second kappa shape index (κ2) is 6.31. The quantitative estimate of drug-likeness (QED) is 0.860. The van der Waals surface area contributed by atoms with E-state index in [1.807, 2.05) is 0 Å². The van der Waals surface area contributed by atoms with Crippen molar-refractivity contribution in [3.63, 3.8) is 0 Å². The number of amides is 1. The molecule has 1 aromatic carbocycles. The highest BCUT2D eigenvalue weighted by atomic mass is 19.1. The lowest BCUT2D eigenvalue weighted by atomic mass is 9.94. The zero-order chi connectivity index (χ0) is 14.6. The summed E-state index contributed by atoms with van der Waals surface area (Å²) in [5.41, 5.74) is 0.642. The minimum atomic E-state index is -1.01. The Bertz CT molecular complexity index is 476. The first kappa shape index (κ1) is 15.1. The predicted molar refractivity (Wildman–Crippen MR) is 68.9 cm³/mol. The van der Waals surface area contributed by atoms with Crippen LogP contribution in [0.4, 0.5) is 4.39 Å². The number of carboxylic acids is 1. The van der Waals surface area contributed by atoms with Crippen LogP contribution < -0.4 is 5.32 Å². The number of carbonyl (C=O) groups excluding carboxylic acids is 1. The maximum atomic E-state index is 13.1. The molecule has 0 fully saturated rings. The van der Waals surface area contributed by atoms with E-state index in [9.17, 15) is 14.0 Å². The number of hydrogen-bond donors (Lipinski definition) is 2. The van der Waals surface area contributed by atoms with Gasteiger partial charge in [0.2, 0.25) is 5.91 Å². The first-order chi connectivity index (χ1) is 8.82. The lowest BCUT2D eigenvalue weighted by molar-refractivity contribution is -0.146. The first-order valence-electron chi connectivity index (χ1n) is 6.11. The van der Waals surface area contributed by atoms with Crippen LogP contribution in [0.2, 0.25) is 0 Å². The van der Waals surface area contributed by atoms with Gasteiger partial charge in [0, 0.05) is 5.92 Å². The number of carboxylic acid groups (broad SMARTS) is 1. The normalized spacial score (nSPS) is 15.4. The van der Waals surface area contributed by atoms with Gasteiger partial charge in [0.05, 0.1) is 12.0 Å². The third kappa shape index (κ3) is 4.05. The Morgan fingerprint density at radius 2 is 1.84 bits per heavy atom. The van der Waals surface area contributed by atoms with Crippen molar-refractivity contribution in [3.8, 4) is 0 Å². The van der Waals surface area contributed by atoms with Crippen molar-refractivity contribution < 1.29 is 19.1 Å². The zero-order valence-electron chi connectivity index (χ0n) is 11.2. The molecule has 19 heavy (non-hydrogen) atoms. The number of benzene rings is 1. The van der Waals surface area contributed by atoms with Crippen molar-refractivity contribution in [2.75, 3.05) is 0 Å². The van der Waals surface area contributed by atoms with Gasteiger partial charge >= 0.3 is 5.97 Å². The molecular weight excluding hydrogens is 249 g/mol. The largest absolute Gasteiger partial charge is 0.481 e. The van der Waals surface area contributed by atoms with Crippen molar-refractivity contribution in [3.05, 3.63) is 35.6 Å². The Morgan fingerprint density at radius 3 is 2.37 bits per heavy atom. The molecule has 0 heterocycles. The molecule has 0 aromatic heterocycles. The summed E-state index contributed by atoms with van der Waals surface area (Å²) in [6.45, 7) is 4.77. The Morgan fingerprint density at radius 1 is 1.21 bits per heavy atom. The van der Waals surface area contributed by atoms with E-state index in [0.29, 0.717) is 5.56 Å². The summed E-state index contributed by atoms with van der Waals surface area (Å²) >= 11 is 0. The van der Waals surface area contributed by atoms with E-state index in [0.717, 1.165) is 0 Å². The fourth-order valence-electron chi connectivity index (χ4n) is 1.65. The van der Waals surface area contributed by atoms with Gasteiger partial charge in [0.15, 0.2) is 0 Å². The van der Waals surface area contributed by atoms with Crippen LogP contribution in [0.25, 0.3) is 0 Å². The van der Waals surface area contributed by atoms with Crippen LogP contribution in [0.5, 0.6) is 0 Å². The van der Waals surface area contributed by atoms with Gasteiger partial charge in [0.25, 0.3) is 0 Å². The van der Waals surface area contributed by atoms with Crippen molar-refractivity contribution in [2.45, 2.75) is 26.8 Å². The summed E-state index contributed by atoms with van der Waals surface area (Å²) in [5.74, 6) is -3.15. The molecule has 0 saturated carbocycles. The lowest BCUT2D eigenvalue weighted by Gasteiger charge is -2.20. The average Bonchev–Trinajstić information content (AvgIpc) is 2.36. The topological polar surface area (TPSA) is 66.4 Å². The fraction of sp³-hybridized carbons (Fsp3) is 0.429. The van der Waals surface area contributed by atoms with E-state index in [1.165, 1.54) is 19.1 Å². The highest BCUT2D eigenvalue weighted by molar-refractivity contribution is 5.84. The van der Waals surface area contributed by atoms with Crippen molar-refractivity contribution >= 4 is 11.9 Å². The molecule has 2 N–H and O–H groups in total. The molecule has 0 spiro atoms. The van der Waals surface area contributed by atoms with Crippen LogP contribution in [-0.2, 0) is 9.59 Å². The fourth-order valence-corrected chi connectivity index (χ4v) is 1.65. The first-order valence-corrected chi connectivity index (χ1v) is 6.11. The molecule has 1 amide bonds. The van der Waals surface area contributed by atoms with Crippen LogP contribution in [0.15, 0.2) is 24.3 Å². The standard InChI is InChI=1S/C14H18FNO3/c1-8(9(2)14(18)19)13(17)16-10(3)11-5-4-6-12(15)7-11/h4-10H,1-3H3,(H,16,17)(H,18,19). The van der Waals surface area contributed by atoms with Gasteiger partial charge in [-0.05, 0) is 24.6 Å². The second-order valence-corrected chi connectivity index (χ2v) is 4.70. The summed E-state index contributed by atoms with van der Waals surface area (Å²) < 4.78 is 13.1. The van der Waals surface area contributed by atoms with Gasteiger partial charge in [-0.25, -0.2) is 4.39 Å². The number of halogens is 1.